The van der Waals surface area contributed by atoms with Gasteiger partial charge in [0.2, 0.25) is 5.91 Å². The van der Waals surface area contributed by atoms with Gasteiger partial charge in [-0.2, -0.15) is 0 Å². The zero-order chi connectivity index (χ0) is 26.0. The van der Waals surface area contributed by atoms with Crippen LogP contribution in [0.15, 0.2) is 36.0 Å². The van der Waals surface area contributed by atoms with Crippen molar-refractivity contribution in [2.45, 2.75) is 39.2 Å². The summed E-state index contributed by atoms with van der Waals surface area (Å²) in [6, 6.07) is 8.16. The number of nitrogens with zero attached hydrogens (tertiary/aromatic N) is 4. The smallest absolute Gasteiger partial charge is 0.410 e. The molecule has 5 rings (SSSR count). The molecule has 0 unspecified atom stereocenters. The van der Waals surface area contributed by atoms with Crippen LogP contribution in [0.25, 0.3) is 21.5 Å². The molecule has 4 heterocycles. The summed E-state index contributed by atoms with van der Waals surface area (Å²) in [5, 5.41) is 2.88. The molecule has 0 bridgehead atoms. The molecule has 1 aromatic carbocycles. The Morgan fingerprint density at radius 2 is 1.97 bits per heavy atom. The second-order valence-corrected chi connectivity index (χ2v) is 11.4. The van der Waals surface area contributed by atoms with Gasteiger partial charge in [-0.25, -0.2) is 9.78 Å². The highest BCUT2D eigenvalue weighted by atomic mass is 32.1. The van der Waals surface area contributed by atoms with Crippen LogP contribution in [0, 0.1) is 5.92 Å². The Balaban J connectivity index is 1.23. The van der Waals surface area contributed by atoms with E-state index in [4.69, 9.17) is 14.5 Å². The van der Waals surface area contributed by atoms with Gasteiger partial charge in [0.1, 0.15) is 11.4 Å². The van der Waals surface area contributed by atoms with E-state index in [1.165, 1.54) is 0 Å². The zero-order valence-electron chi connectivity index (χ0n) is 21.5. The van der Waals surface area contributed by atoms with E-state index < -0.39 is 5.60 Å². The number of nitrogens with one attached hydrogen (secondary N) is 1. The van der Waals surface area contributed by atoms with E-state index in [0.717, 1.165) is 59.0 Å². The third kappa shape index (κ3) is 6.12. The predicted octanol–water partition coefficient (Wildman–Crippen LogP) is 4.32. The molecule has 2 aliphatic heterocycles. The van der Waals surface area contributed by atoms with Gasteiger partial charge in [0.15, 0.2) is 0 Å². The number of thiazole rings is 1. The topological polar surface area (TPSA) is 96.9 Å². The number of carbonyl (C=O) groups is 2. The van der Waals surface area contributed by atoms with E-state index in [-0.39, 0.29) is 12.0 Å². The first-order valence-electron chi connectivity index (χ1n) is 12.7. The summed E-state index contributed by atoms with van der Waals surface area (Å²) < 4.78 is 12.7. The number of amides is 2. The van der Waals surface area contributed by atoms with Crippen molar-refractivity contribution in [1.29, 1.82) is 0 Å². The lowest BCUT2D eigenvalue weighted by atomic mass is 10.1. The average Bonchev–Trinajstić information content (AvgIpc) is 3.52. The molecule has 3 aromatic rings. The van der Waals surface area contributed by atoms with E-state index >= 15 is 0 Å². The fraction of sp³-hybridized carbons (Fsp3) is 0.481. The number of hydrogen-bond acceptors (Lipinski definition) is 8. The number of fused-ring (bicyclic) bond motifs is 1. The molecule has 196 valence electrons. The summed E-state index contributed by atoms with van der Waals surface area (Å²) in [5.74, 6) is 1.25. The minimum Gasteiger partial charge on any atom is -0.492 e. The summed E-state index contributed by atoms with van der Waals surface area (Å²) in [5.41, 5.74) is 5.05. The Kier molecular flexibility index (Phi) is 7.19. The lowest BCUT2D eigenvalue weighted by molar-refractivity contribution is -0.119. The van der Waals surface area contributed by atoms with Crippen molar-refractivity contribution in [2.24, 2.45) is 5.92 Å². The maximum Gasteiger partial charge on any atom is 0.410 e. The second-order valence-electron chi connectivity index (χ2n) is 10.5. The molecule has 0 aliphatic carbocycles. The molecule has 1 atom stereocenters. The summed E-state index contributed by atoms with van der Waals surface area (Å²) in [7, 11) is 0. The Morgan fingerprint density at radius 1 is 1.16 bits per heavy atom. The molecule has 2 aromatic heterocycles. The Labute approximate surface area is 220 Å². The van der Waals surface area contributed by atoms with Crippen LogP contribution < -0.4 is 15.0 Å². The van der Waals surface area contributed by atoms with Gasteiger partial charge < -0.3 is 24.6 Å². The first-order chi connectivity index (χ1) is 17.7. The van der Waals surface area contributed by atoms with Gasteiger partial charge >= 0.3 is 6.09 Å². The lowest BCUT2D eigenvalue weighted by Gasteiger charge is -2.36. The number of anilines is 1. The van der Waals surface area contributed by atoms with Crippen molar-refractivity contribution in [3.63, 3.8) is 0 Å². The van der Waals surface area contributed by atoms with Crippen LogP contribution in [0.3, 0.4) is 0 Å². The summed E-state index contributed by atoms with van der Waals surface area (Å²) in [6.45, 7) is 9.61. The lowest BCUT2D eigenvalue weighted by Crippen LogP contribution is -2.50. The molecular weight excluding hydrogens is 490 g/mol. The number of rotatable bonds is 6. The molecule has 10 heteroatoms. The van der Waals surface area contributed by atoms with Crippen LogP contribution in [0.2, 0.25) is 0 Å². The molecule has 0 spiro atoms. The van der Waals surface area contributed by atoms with Crippen molar-refractivity contribution in [3.05, 3.63) is 36.0 Å². The van der Waals surface area contributed by atoms with Crippen molar-refractivity contribution in [2.75, 3.05) is 44.2 Å². The van der Waals surface area contributed by atoms with Gasteiger partial charge in [-0.3, -0.25) is 9.78 Å². The summed E-state index contributed by atoms with van der Waals surface area (Å²) >= 11 is 1.56. The third-order valence-electron chi connectivity index (χ3n) is 6.58. The molecule has 0 saturated carbocycles. The maximum atomic E-state index is 12.3. The van der Waals surface area contributed by atoms with E-state index in [1.807, 2.05) is 50.7 Å². The van der Waals surface area contributed by atoms with E-state index in [2.05, 4.69) is 21.3 Å². The molecule has 9 nitrogen and oxygen atoms in total. The van der Waals surface area contributed by atoms with Crippen LogP contribution in [0.1, 0.15) is 33.6 Å². The molecule has 2 aliphatic rings. The van der Waals surface area contributed by atoms with Crippen LogP contribution in [-0.4, -0.2) is 71.8 Å². The average molecular weight is 524 g/mol. The molecule has 2 saturated heterocycles. The van der Waals surface area contributed by atoms with Crippen molar-refractivity contribution >= 4 is 39.2 Å². The monoisotopic (exact) mass is 523 g/mol. The number of benzene rings is 1. The Morgan fingerprint density at radius 3 is 2.65 bits per heavy atom. The van der Waals surface area contributed by atoms with Gasteiger partial charge in [-0.1, -0.05) is 0 Å². The number of carbonyl (C=O) groups excluding carboxylic acids is 2. The van der Waals surface area contributed by atoms with Crippen LogP contribution >= 0.6 is 11.3 Å². The SMILES string of the molecule is CC(C)(C)OC(=O)N1CCN(c2ccc(-c3cc(OCC[C@H]4CNC(=O)C4)c4scnc4c3)nc2)CC1. The van der Waals surface area contributed by atoms with Crippen LogP contribution in [0.4, 0.5) is 10.5 Å². The number of pyridine rings is 1. The fourth-order valence-electron chi connectivity index (χ4n) is 4.61. The standard InChI is InChI=1S/C27H33N5O4S/c1-27(2,3)36-26(34)32-9-7-31(8-10-32)20-4-5-21(28-16-20)19-13-22-25(37-17-30-22)23(14-19)35-11-6-18-12-24(33)29-15-18/h4-5,13-14,16-18H,6-12,15H2,1-3H3,(H,29,33)/t18-/m1/s1. The van der Waals surface area contributed by atoms with Crippen molar-refractivity contribution in [3.8, 4) is 17.0 Å². The second kappa shape index (κ2) is 10.5. The fourth-order valence-corrected chi connectivity index (χ4v) is 5.35. The van der Waals surface area contributed by atoms with Crippen LogP contribution in [-0.2, 0) is 9.53 Å². The largest absolute Gasteiger partial charge is 0.492 e. The predicted molar refractivity (Wildman–Crippen MR) is 144 cm³/mol. The minimum absolute atomic E-state index is 0.122. The Bertz CT molecular complexity index is 1260. The highest BCUT2D eigenvalue weighted by molar-refractivity contribution is 7.17. The van der Waals surface area contributed by atoms with E-state index in [0.29, 0.717) is 32.0 Å². The minimum atomic E-state index is -0.492. The first-order valence-corrected chi connectivity index (χ1v) is 13.6. The molecule has 2 fully saturated rings. The number of piperazine rings is 1. The third-order valence-corrected chi connectivity index (χ3v) is 7.44. The number of aromatic nitrogens is 2. The molecule has 0 radical (unpaired) electrons. The molecule has 1 N–H and O–H groups in total. The van der Waals surface area contributed by atoms with Crippen molar-refractivity contribution < 1.29 is 19.1 Å². The highest BCUT2D eigenvalue weighted by Crippen LogP contribution is 2.35. The van der Waals surface area contributed by atoms with Gasteiger partial charge in [-0.15, -0.1) is 11.3 Å². The zero-order valence-corrected chi connectivity index (χ0v) is 22.3. The first kappa shape index (κ1) is 25.3. The molecule has 2 amide bonds. The number of hydrogen-bond donors (Lipinski definition) is 1. The van der Waals surface area contributed by atoms with Crippen LogP contribution in [0.5, 0.6) is 5.75 Å². The van der Waals surface area contributed by atoms with Gasteiger partial charge in [0.25, 0.3) is 0 Å². The number of ether oxygens (including phenoxy) is 2. The normalized spacial score (nSPS) is 18.2. The molecule has 37 heavy (non-hydrogen) atoms. The van der Waals surface area contributed by atoms with Gasteiger partial charge in [0.05, 0.1) is 39.9 Å². The molecular formula is C27H33N5O4S. The van der Waals surface area contributed by atoms with Gasteiger partial charge in [0, 0.05) is 44.7 Å². The van der Waals surface area contributed by atoms with Crippen molar-refractivity contribution in [1.82, 2.24) is 20.2 Å². The van der Waals surface area contributed by atoms with E-state index in [1.54, 1.807) is 16.2 Å². The summed E-state index contributed by atoms with van der Waals surface area (Å²) in [4.78, 5) is 37.0. The Hall–Kier alpha value is -3.40. The maximum absolute atomic E-state index is 12.3. The van der Waals surface area contributed by atoms with Gasteiger partial charge in [-0.05, 0) is 57.4 Å². The highest BCUT2D eigenvalue weighted by Gasteiger charge is 2.26. The summed E-state index contributed by atoms with van der Waals surface area (Å²) in [6.07, 6.45) is 3.03. The quantitative estimate of drug-likeness (QED) is 0.514. The van der Waals surface area contributed by atoms with E-state index in [9.17, 15) is 9.59 Å².